The standard InChI is InChI=1S/C22H28N2O2S/c1-3-4-11-23-12-9-17(10-13-23)14-26-22(25)20-18-7-5-6-8-19(18)24-16(2)15-27-21(20)24/h5-8,15,17H,3-4,9-14H2,1-2H3. The van der Waals surface area contributed by atoms with Crippen molar-refractivity contribution in [3.05, 3.63) is 40.9 Å². The summed E-state index contributed by atoms with van der Waals surface area (Å²) in [5.74, 6) is 0.310. The Morgan fingerprint density at radius 3 is 2.81 bits per heavy atom. The largest absolute Gasteiger partial charge is 0.462 e. The van der Waals surface area contributed by atoms with Gasteiger partial charge in [-0.1, -0.05) is 31.5 Å². The summed E-state index contributed by atoms with van der Waals surface area (Å²) in [6.45, 7) is 8.32. The molecule has 2 aromatic heterocycles. The highest BCUT2D eigenvalue weighted by Gasteiger charge is 2.24. The number of thiazole rings is 1. The van der Waals surface area contributed by atoms with E-state index in [1.165, 1.54) is 19.4 Å². The van der Waals surface area contributed by atoms with Crippen LogP contribution in [0.15, 0.2) is 29.6 Å². The van der Waals surface area contributed by atoms with E-state index in [1.807, 2.05) is 18.2 Å². The average Bonchev–Trinajstić information content (AvgIpc) is 3.23. The number of likely N-dealkylation sites (tertiary alicyclic amines) is 1. The zero-order chi connectivity index (χ0) is 18.8. The molecule has 0 saturated carbocycles. The van der Waals surface area contributed by atoms with Crippen LogP contribution in [0, 0.1) is 12.8 Å². The number of hydrogen-bond donors (Lipinski definition) is 0. The molecule has 5 heteroatoms. The molecule has 1 aliphatic heterocycles. The Bertz CT molecular complexity index is 934. The number of benzene rings is 1. The van der Waals surface area contributed by atoms with Crippen molar-refractivity contribution in [1.82, 2.24) is 9.30 Å². The lowest BCUT2D eigenvalue weighted by Gasteiger charge is -2.31. The van der Waals surface area contributed by atoms with E-state index in [0.29, 0.717) is 12.5 Å². The third-order valence-electron chi connectivity index (χ3n) is 5.71. The van der Waals surface area contributed by atoms with E-state index < -0.39 is 0 Å². The van der Waals surface area contributed by atoms with Crippen LogP contribution < -0.4 is 0 Å². The molecule has 1 aromatic carbocycles. The number of unbranched alkanes of at least 4 members (excludes halogenated alkanes) is 1. The van der Waals surface area contributed by atoms with Gasteiger partial charge in [-0.05, 0) is 57.8 Å². The molecule has 3 aromatic rings. The van der Waals surface area contributed by atoms with Crippen LogP contribution in [0.3, 0.4) is 0 Å². The van der Waals surface area contributed by atoms with Crippen molar-refractivity contribution in [3.63, 3.8) is 0 Å². The number of hydrogen-bond acceptors (Lipinski definition) is 4. The van der Waals surface area contributed by atoms with E-state index in [9.17, 15) is 4.79 Å². The molecule has 0 bridgehead atoms. The molecular formula is C22H28N2O2S. The van der Waals surface area contributed by atoms with E-state index in [4.69, 9.17) is 4.74 Å². The highest BCUT2D eigenvalue weighted by molar-refractivity contribution is 7.16. The van der Waals surface area contributed by atoms with Gasteiger partial charge < -0.3 is 14.0 Å². The minimum absolute atomic E-state index is 0.177. The van der Waals surface area contributed by atoms with E-state index >= 15 is 0 Å². The summed E-state index contributed by atoms with van der Waals surface area (Å²) >= 11 is 1.62. The SMILES string of the molecule is CCCCN1CCC(COC(=O)c2c3ccccc3n3c(C)csc23)CC1. The third kappa shape index (κ3) is 3.63. The van der Waals surface area contributed by atoms with Crippen LogP contribution in [0.25, 0.3) is 15.7 Å². The van der Waals surface area contributed by atoms with Gasteiger partial charge in [0, 0.05) is 16.5 Å². The summed E-state index contributed by atoms with van der Waals surface area (Å²) in [5.41, 5.74) is 2.97. The van der Waals surface area contributed by atoms with Gasteiger partial charge in [-0.2, -0.15) is 0 Å². The molecular weight excluding hydrogens is 356 g/mol. The highest BCUT2D eigenvalue weighted by Crippen LogP contribution is 2.32. The highest BCUT2D eigenvalue weighted by atomic mass is 32.1. The van der Waals surface area contributed by atoms with Crippen molar-refractivity contribution in [3.8, 4) is 0 Å². The molecule has 1 fully saturated rings. The van der Waals surface area contributed by atoms with Crippen molar-refractivity contribution in [2.75, 3.05) is 26.2 Å². The van der Waals surface area contributed by atoms with Gasteiger partial charge in [-0.25, -0.2) is 4.79 Å². The maximum atomic E-state index is 13.0. The van der Waals surface area contributed by atoms with E-state index in [-0.39, 0.29) is 5.97 Å². The number of para-hydroxylation sites is 1. The van der Waals surface area contributed by atoms with Gasteiger partial charge in [0.05, 0.1) is 12.1 Å². The number of rotatable bonds is 6. The molecule has 1 aliphatic rings. The second-order valence-corrected chi connectivity index (χ2v) is 8.50. The fraction of sp³-hybridized carbons (Fsp3) is 0.500. The van der Waals surface area contributed by atoms with Crippen molar-refractivity contribution in [2.24, 2.45) is 5.92 Å². The van der Waals surface area contributed by atoms with Crippen LogP contribution in [0.1, 0.15) is 48.7 Å². The van der Waals surface area contributed by atoms with Gasteiger partial charge >= 0.3 is 5.97 Å². The van der Waals surface area contributed by atoms with E-state index in [2.05, 4.69) is 34.6 Å². The quantitative estimate of drug-likeness (QED) is 0.552. The number of fused-ring (bicyclic) bond motifs is 3. The molecule has 27 heavy (non-hydrogen) atoms. The first kappa shape index (κ1) is 18.5. The number of aromatic nitrogens is 1. The maximum absolute atomic E-state index is 13.0. The molecule has 1 saturated heterocycles. The van der Waals surface area contributed by atoms with E-state index in [1.54, 1.807) is 11.3 Å². The molecule has 4 nitrogen and oxygen atoms in total. The molecule has 4 rings (SSSR count). The summed E-state index contributed by atoms with van der Waals surface area (Å²) in [6.07, 6.45) is 4.78. The summed E-state index contributed by atoms with van der Waals surface area (Å²) < 4.78 is 7.97. The first-order valence-corrected chi connectivity index (χ1v) is 10.9. The number of carbonyl (C=O) groups is 1. The van der Waals surface area contributed by atoms with Crippen LogP contribution in [0.4, 0.5) is 0 Å². The number of esters is 1. The van der Waals surface area contributed by atoms with Gasteiger partial charge in [0.15, 0.2) is 0 Å². The average molecular weight is 385 g/mol. The number of ether oxygens (including phenoxy) is 1. The Kier molecular flexibility index (Phi) is 5.50. The summed E-state index contributed by atoms with van der Waals surface area (Å²) in [7, 11) is 0. The lowest BCUT2D eigenvalue weighted by molar-refractivity contribution is 0.0376. The van der Waals surface area contributed by atoms with Crippen molar-refractivity contribution >= 4 is 33.0 Å². The maximum Gasteiger partial charge on any atom is 0.341 e. The lowest BCUT2D eigenvalue weighted by atomic mass is 9.97. The first-order chi connectivity index (χ1) is 13.2. The predicted octanol–water partition coefficient (Wildman–Crippen LogP) is 5.13. The topological polar surface area (TPSA) is 34.0 Å². The molecule has 0 spiro atoms. The lowest BCUT2D eigenvalue weighted by Crippen LogP contribution is -2.36. The van der Waals surface area contributed by atoms with Gasteiger partial charge in [0.2, 0.25) is 0 Å². The molecule has 0 radical (unpaired) electrons. The molecule has 0 aliphatic carbocycles. The Morgan fingerprint density at radius 1 is 1.26 bits per heavy atom. The van der Waals surface area contributed by atoms with Crippen LogP contribution >= 0.6 is 11.3 Å². The molecule has 144 valence electrons. The molecule has 3 heterocycles. The fourth-order valence-corrected chi connectivity index (χ4v) is 5.14. The number of carbonyl (C=O) groups excluding carboxylic acids is 1. The van der Waals surface area contributed by atoms with Crippen molar-refractivity contribution < 1.29 is 9.53 Å². The smallest absolute Gasteiger partial charge is 0.341 e. The van der Waals surface area contributed by atoms with Crippen molar-refractivity contribution in [1.29, 1.82) is 0 Å². The van der Waals surface area contributed by atoms with E-state index in [0.717, 1.165) is 52.9 Å². The second kappa shape index (κ2) is 8.03. The van der Waals surface area contributed by atoms with Gasteiger partial charge in [0.25, 0.3) is 0 Å². The van der Waals surface area contributed by atoms with Crippen molar-refractivity contribution in [2.45, 2.75) is 39.5 Å². The van der Waals surface area contributed by atoms with Gasteiger partial charge in [-0.3, -0.25) is 0 Å². The normalized spacial score (nSPS) is 16.4. The predicted molar refractivity (Wildman–Crippen MR) is 112 cm³/mol. The molecule has 0 amide bonds. The number of nitrogens with zero attached hydrogens (tertiary/aromatic N) is 2. The van der Waals surface area contributed by atoms with Gasteiger partial charge in [0.1, 0.15) is 10.4 Å². The van der Waals surface area contributed by atoms with Crippen LogP contribution in [0.5, 0.6) is 0 Å². The Balaban J connectivity index is 1.45. The van der Waals surface area contributed by atoms with Crippen LogP contribution in [-0.4, -0.2) is 41.5 Å². The minimum atomic E-state index is -0.177. The van der Waals surface area contributed by atoms with Gasteiger partial charge in [-0.15, -0.1) is 11.3 Å². The summed E-state index contributed by atoms with van der Waals surface area (Å²) in [6, 6.07) is 8.11. The summed E-state index contributed by atoms with van der Waals surface area (Å²) in [4.78, 5) is 16.5. The number of piperidine rings is 1. The fourth-order valence-electron chi connectivity index (χ4n) is 4.09. The third-order valence-corrected chi connectivity index (χ3v) is 6.78. The molecule has 0 unspecified atom stereocenters. The zero-order valence-electron chi connectivity index (χ0n) is 16.2. The Morgan fingerprint density at radius 2 is 2.04 bits per heavy atom. The van der Waals surface area contributed by atoms with Crippen LogP contribution in [-0.2, 0) is 4.74 Å². The summed E-state index contributed by atoms with van der Waals surface area (Å²) in [5, 5.41) is 3.09. The van der Waals surface area contributed by atoms with Crippen LogP contribution in [0.2, 0.25) is 0 Å². The monoisotopic (exact) mass is 384 g/mol. The molecule has 0 N–H and O–H groups in total. The zero-order valence-corrected chi connectivity index (χ0v) is 17.1. The Hall–Kier alpha value is -1.85. The molecule has 0 atom stereocenters. The number of aryl methyl sites for hydroxylation is 1. The Labute approximate surface area is 164 Å². The minimum Gasteiger partial charge on any atom is -0.462 e. The second-order valence-electron chi connectivity index (χ2n) is 7.65. The first-order valence-electron chi connectivity index (χ1n) is 10.1.